The van der Waals surface area contributed by atoms with Gasteiger partial charge in [-0.2, -0.15) is 0 Å². The zero-order valence-corrected chi connectivity index (χ0v) is 16.3. The molecule has 0 N–H and O–H groups in total. The predicted molar refractivity (Wildman–Crippen MR) is 91.5 cm³/mol. The minimum atomic E-state index is -0.857. The van der Waals surface area contributed by atoms with Gasteiger partial charge in [-0.05, 0) is 35.0 Å². The molecule has 0 aliphatic carbocycles. The van der Waals surface area contributed by atoms with Crippen molar-refractivity contribution >= 4 is 43.5 Å². The van der Waals surface area contributed by atoms with Crippen molar-refractivity contribution in [1.82, 2.24) is 0 Å². The van der Waals surface area contributed by atoms with Crippen molar-refractivity contribution in [3.63, 3.8) is 0 Å². The van der Waals surface area contributed by atoms with Crippen molar-refractivity contribution in [3.05, 3.63) is 27.2 Å². The maximum atomic E-state index is 6.19. The van der Waals surface area contributed by atoms with Gasteiger partial charge >= 0.3 is 0 Å². The maximum absolute atomic E-state index is 6.19. The number of hydrogen-bond donors (Lipinski definition) is 0. The first-order valence-corrected chi connectivity index (χ1v) is 9.03. The summed E-state index contributed by atoms with van der Waals surface area (Å²) in [5, 5.41) is 1.36. The van der Waals surface area contributed by atoms with Crippen LogP contribution in [0.3, 0.4) is 0 Å². The molecule has 1 fully saturated rings. The van der Waals surface area contributed by atoms with Crippen LogP contribution in [0.1, 0.15) is 26.3 Å². The lowest BCUT2D eigenvalue weighted by atomic mass is 9.93. The fourth-order valence-electron chi connectivity index (χ4n) is 2.09. The van der Waals surface area contributed by atoms with Crippen molar-refractivity contribution in [2.45, 2.75) is 26.6 Å². The normalized spacial score (nSPS) is 20.3. The van der Waals surface area contributed by atoms with Crippen LogP contribution in [0.5, 0.6) is 5.75 Å². The molecule has 0 atom stereocenters. The molecule has 0 radical (unpaired) electrons. The molecule has 0 bridgehead atoms. The third kappa shape index (κ3) is 4.14. The van der Waals surface area contributed by atoms with Crippen LogP contribution in [0.25, 0.3) is 0 Å². The average molecular weight is 443 g/mol. The SMILES string of the molecule is CC1(C)COC(C)(c2cc(Cl)cc(Br)c2OCCBr)OC1. The van der Waals surface area contributed by atoms with Crippen LogP contribution in [0, 0.1) is 5.41 Å². The monoisotopic (exact) mass is 440 g/mol. The summed E-state index contributed by atoms with van der Waals surface area (Å²) in [7, 11) is 0. The van der Waals surface area contributed by atoms with E-state index in [4.69, 9.17) is 25.8 Å². The van der Waals surface area contributed by atoms with Crippen LogP contribution in [0.4, 0.5) is 0 Å². The van der Waals surface area contributed by atoms with Crippen LogP contribution in [-0.2, 0) is 15.3 Å². The van der Waals surface area contributed by atoms with E-state index in [9.17, 15) is 0 Å². The molecule has 1 aliphatic heterocycles. The van der Waals surface area contributed by atoms with E-state index >= 15 is 0 Å². The Bertz CT molecular complexity index is 510. The molecular weight excluding hydrogens is 423 g/mol. The van der Waals surface area contributed by atoms with E-state index in [-0.39, 0.29) is 5.41 Å². The summed E-state index contributed by atoms with van der Waals surface area (Å²) < 4.78 is 18.6. The Morgan fingerprint density at radius 2 is 1.86 bits per heavy atom. The minimum Gasteiger partial charge on any atom is -0.491 e. The van der Waals surface area contributed by atoms with Crippen molar-refractivity contribution in [1.29, 1.82) is 0 Å². The molecule has 1 saturated heterocycles. The van der Waals surface area contributed by atoms with Gasteiger partial charge < -0.3 is 14.2 Å². The molecule has 1 aromatic rings. The number of halogens is 3. The maximum Gasteiger partial charge on any atom is 0.195 e. The number of rotatable bonds is 4. The fourth-order valence-corrected chi connectivity index (χ4v) is 3.18. The molecule has 1 aromatic carbocycles. The molecule has 0 amide bonds. The highest BCUT2D eigenvalue weighted by Crippen LogP contribution is 2.44. The Kier molecular flexibility index (Phi) is 5.64. The summed E-state index contributed by atoms with van der Waals surface area (Å²) in [5.41, 5.74) is 0.810. The van der Waals surface area contributed by atoms with Gasteiger partial charge in [0.05, 0.1) is 29.9 Å². The van der Waals surface area contributed by atoms with Crippen molar-refractivity contribution in [3.8, 4) is 5.75 Å². The molecule has 0 aromatic heterocycles. The Labute approximate surface area is 147 Å². The zero-order valence-electron chi connectivity index (χ0n) is 12.3. The zero-order chi connectivity index (χ0) is 15.7. The van der Waals surface area contributed by atoms with Crippen molar-refractivity contribution < 1.29 is 14.2 Å². The molecule has 0 spiro atoms. The second-order valence-corrected chi connectivity index (χ2v) is 8.07. The smallest absolute Gasteiger partial charge is 0.195 e. The van der Waals surface area contributed by atoms with Crippen LogP contribution >= 0.6 is 43.5 Å². The molecule has 0 saturated carbocycles. The molecule has 2 rings (SSSR count). The minimum absolute atomic E-state index is 0.00615. The highest BCUT2D eigenvalue weighted by atomic mass is 79.9. The summed E-state index contributed by atoms with van der Waals surface area (Å²) in [6, 6.07) is 3.65. The molecule has 1 aliphatic rings. The summed E-state index contributed by atoms with van der Waals surface area (Å²) in [5.74, 6) is -0.147. The molecule has 3 nitrogen and oxygen atoms in total. The average Bonchev–Trinajstić information content (AvgIpc) is 2.41. The topological polar surface area (TPSA) is 27.7 Å². The van der Waals surface area contributed by atoms with Crippen LogP contribution in [0.15, 0.2) is 16.6 Å². The molecular formula is C15H19Br2ClO3. The quantitative estimate of drug-likeness (QED) is 0.606. The van der Waals surface area contributed by atoms with E-state index in [1.807, 2.05) is 19.1 Å². The lowest BCUT2D eigenvalue weighted by Crippen LogP contribution is -2.43. The largest absolute Gasteiger partial charge is 0.491 e. The van der Waals surface area contributed by atoms with E-state index < -0.39 is 5.79 Å². The van der Waals surface area contributed by atoms with Gasteiger partial charge in [0, 0.05) is 15.8 Å². The number of alkyl halides is 1. The fraction of sp³-hybridized carbons (Fsp3) is 0.600. The number of hydrogen-bond acceptors (Lipinski definition) is 3. The summed E-state index contributed by atoms with van der Waals surface area (Å²) in [4.78, 5) is 0. The molecule has 21 heavy (non-hydrogen) atoms. The second-order valence-electron chi connectivity index (χ2n) is 5.99. The van der Waals surface area contributed by atoms with Crippen molar-refractivity contribution in [2.24, 2.45) is 5.41 Å². The Morgan fingerprint density at radius 3 is 2.43 bits per heavy atom. The first-order valence-electron chi connectivity index (χ1n) is 6.74. The third-order valence-corrected chi connectivity index (χ3v) is 4.43. The van der Waals surface area contributed by atoms with Gasteiger partial charge in [-0.3, -0.25) is 0 Å². The van der Waals surface area contributed by atoms with Gasteiger partial charge in [-0.25, -0.2) is 0 Å². The Balaban J connectivity index is 2.37. The van der Waals surface area contributed by atoms with Crippen LogP contribution in [-0.4, -0.2) is 25.2 Å². The van der Waals surface area contributed by atoms with Crippen LogP contribution < -0.4 is 4.74 Å². The first-order chi connectivity index (χ1) is 9.77. The number of ether oxygens (including phenoxy) is 3. The lowest BCUT2D eigenvalue weighted by molar-refractivity contribution is -0.298. The standard InChI is InChI=1S/C15H19Br2ClO3/c1-14(2)8-20-15(3,21-9-14)11-6-10(18)7-12(17)13(11)19-5-4-16/h6-7H,4-5,8-9H2,1-3H3. The Hall–Kier alpha value is 0.190. The van der Waals surface area contributed by atoms with Crippen LogP contribution in [0.2, 0.25) is 5.02 Å². The highest BCUT2D eigenvalue weighted by molar-refractivity contribution is 9.10. The van der Waals surface area contributed by atoms with E-state index in [0.29, 0.717) is 30.6 Å². The number of benzene rings is 1. The first kappa shape index (κ1) is 17.5. The summed E-state index contributed by atoms with van der Waals surface area (Å²) in [6.45, 7) is 7.92. The molecule has 1 heterocycles. The predicted octanol–water partition coefficient (Wildman–Crippen LogP) is 5.12. The van der Waals surface area contributed by atoms with Gasteiger partial charge in [0.2, 0.25) is 0 Å². The van der Waals surface area contributed by atoms with E-state index in [0.717, 1.165) is 15.4 Å². The van der Waals surface area contributed by atoms with Gasteiger partial charge in [0.15, 0.2) is 5.79 Å². The van der Waals surface area contributed by atoms with E-state index in [1.165, 1.54) is 0 Å². The van der Waals surface area contributed by atoms with E-state index in [1.54, 1.807) is 0 Å². The second kappa shape index (κ2) is 6.75. The highest BCUT2D eigenvalue weighted by Gasteiger charge is 2.40. The summed E-state index contributed by atoms with van der Waals surface area (Å²) >= 11 is 13.1. The molecule has 118 valence electrons. The molecule has 0 unspecified atom stereocenters. The van der Waals surface area contributed by atoms with Gasteiger partial charge in [0.1, 0.15) is 5.75 Å². The van der Waals surface area contributed by atoms with Gasteiger partial charge in [-0.1, -0.05) is 41.4 Å². The van der Waals surface area contributed by atoms with Crippen molar-refractivity contribution in [2.75, 3.05) is 25.2 Å². The summed E-state index contributed by atoms with van der Waals surface area (Å²) in [6.07, 6.45) is 0. The lowest BCUT2D eigenvalue weighted by Gasteiger charge is -2.42. The third-order valence-electron chi connectivity index (χ3n) is 3.30. The van der Waals surface area contributed by atoms with E-state index in [2.05, 4.69) is 45.7 Å². The van der Waals surface area contributed by atoms with Gasteiger partial charge in [-0.15, -0.1) is 0 Å². The van der Waals surface area contributed by atoms with Gasteiger partial charge in [0.25, 0.3) is 0 Å². The Morgan fingerprint density at radius 1 is 1.24 bits per heavy atom. The molecule has 6 heteroatoms.